The van der Waals surface area contributed by atoms with E-state index in [-0.39, 0.29) is 6.42 Å². The van der Waals surface area contributed by atoms with E-state index in [1.807, 2.05) is 19.1 Å². The van der Waals surface area contributed by atoms with Crippen molar-refractivity contribution in [2.24, 2.45) is 11.7 Å². The topological polar surface area (TPSA) is 63.3 Å². The van der Waals surface area contributed by atoms with Crippen molar-refractivity contribution in [1.82, 2.24) is 0 Å². The van der Waals surface area contributed by atoms with Crippen LogP contribution in [0.15, 0.2) is 23.3 Å². The lowest BCUT2D eigenvalue weighted by Gasteiger charge is -2.10. The molecular weight excluding hydrogens is 190 g/mol. The first-order chi connectivity index (χ1) is 7.01. The molecule has 0 amide bonds. The summed E-state index contributed by atoms with van der Waals surface area (Å²) in [6.45, 7) is 6.50. The second-order valence-electron chi connectivity index (χ2n) is 3.85. The molecular formula is C12H21NO2. The van der Waals surface area contributed by atoms with Crippen molar-refractivity contribution in [3.8, 4) is 0 Å². The van der Waals surface area contributed by atoms with Crippen LogP contribution in [0.4, 0.5) is 0 Å². The standard InChI is InChI=1S/C12H21NO2/c1-4-5-10(7-12(14)15)11(8-13)6-9(2)3/h5-6,9H,4,7-8,13H2,1-3H3,(H,14,15)/b10-5-,11-6-. The second kappa shape index (κ2) is 7.23. The Kier molecular flexibility index (Phi) is 6.71. The number of carboxylic acid groups (broad SMARTS) is 1. The van der Waals surface area contributed by atoms with Crippen molar-refractivity contribution >= 4 is 5.97 Å². The summed E-state index contributed by atoms with van der Waals surface area (Å²) in [5, 5.41) is 8.78. The molecule has 0 aliphatic rings. The van der Waals surface area contributed by atoms with Gasteiger partial charge in [0.25, 0.3) is 0 Å². The van der Waals surface area contributed by atoms with Crippen LogP contribution < -0.4 is 5.73 Å². The molecule has 0 bridgehead atoms. The Morgan fingerprint density at radius 2 is 2.00 bits per heavy atom. The van der Waals surface area contributed by atoms with E-state index in [0.717, 1.165) is 17.6 Å². The summed E-state index contributed by atoms with van der Waals surface area (Å²) < 4.78 is 0. The van der Waals surface area contributed by atoms with Crippen LogP contribution in [0.2, 0.25) is 0 Å². The molecule has 0 atom stereocenters. The summed E-state index contributed by atoms with van der Waals surface area (Å²) in [4.78, 5) is 10.7. The minimum atomic E-state index is -0.808. The molecule has 0 spiro atoms. The van der Waals surface area contributed by atoms with Crippen LogP contribution in [0, 0.1) is 5.92 Å². The first-order valence-corrected chi connectivity index (χ1v) is 5.33. The highest BCUT2D eigenvalue weighted by Gasteiger charge is 2.08. The van der Waals surface area contributed by atoms with Crippen molar-refractivity contribution < 1.29 is 9.90 Å². The van der Waals surface area contributed by atoms with E-state index in [1.165, 1.54) is 0 Å². The first-order valence-electron chi connectivity index (χ1n) is 5.33. The fourth-order valence-corrected chi connectivity index (χ4v) is 1.43. The molecule has 0 rings (SSSR count). The summed E-state index contributed by atoms with van der Waals surface area (Å²) in [6.07, 6.45) is 4.86. The Hall–Kier alpha value is -1.09. The van der Waals surface area contributed by atoms with Crippen LogP contribution in [-0.4, -0.2) is 17.6 Å². The zero-order valence-electron chi connectivity index (χ0n) is 9.79. The number of aliphatic carboxylic acids is 1. The Labute approximate surface area is 91.7 Å². The summed E-state index contributed by atoms with van der Waals surface area (Å²) in [5.74, 6) is -0.421. The maximum Gasteiger partial charge on any atom is 0.307 e. The van der Waals surface area contributed by atoms with Crippen molar-refractivity contribution in [3.63, 3.8) is 0 Å². The van der Waals surface area contributed by atoms with Gasteiger partial charge in [-0.1, -0.05) is 32.9 Å². The number of nitrogens with two attached hydrogens (primary N) is 1. The minimum Gasteiger partial charge on any atom is -0.481 e. The maximum atomic E-state index is 10.7. The molecule has 3 nitrogen and oxygen atoms in total. The molecule has 3 heteroatoms. The first kappa shape index (κ1) is 13.9. The molecule has 86 valence electrons. The van der Waals surface area contributed by atoms with Gasteiger partial charge in [-0.2, -0.15) is 0 Å². The zero-order valence-corrected chi connectivity index (χ0v) is 9.79. The number of hydrogen-bond donors (Lipinski definition) is 2. The van der Waals surface area contributed by atoms with Crippen LogP contribution in [0.3, 0.4) is 0 Å². The number of allylic oxidation sites excluding steroid dienone is 2. The van der Waals surface area contributed by atoms with Crippen LogP contribution in [-0.2, 0) is 4.79 Å². The van der Waals surface area contributed by atoms with Gasteiger partial charge in [-0.15, -0.1) is 0 Å². The lowest BCUT2D eigenvalue weighted by molar-refractivity contribution is -0.136. The average Bonchev–Trinajstić information content (AvgIpc) is 2.12. The fourth-order valence-electron chi connectivity index (χ4n) is 1.43. The lowest BCUT2D eigenvalue weighted by Crippen LogP contribution is -2.10. The molecule has 15 heavy (non-hydrogen) atoms. The van der Waals surface area contributed by atoms with Crippen molar-refractivity contribution in [3.05, 3.63) is 23.3 Å². The molecule has 3 N–H and O–H groups in total. The molecule has 0 saturated heterocycles. The van der Waals surface area contributed by atoms with Gasteiger partial charge < -0.3 is 10.8 Å². The van der Waals surface area contributed by atoms with E-state index >= 15 is 0 Å². The lowest BCUT2D eigenvalue weighted by atomic mass is 9.98. The Bertz CT molecular complexity index is 265. The maximum absolute atomic E-state index is 10.7. The third-order valence-corrected chi connectivity index (χ3v) is 1.96. The summed E-state index contributed by atoms with van der Waals surface area (Å²) >= 11 is 0. The Balaban J connectivity index is 4.87. The fraction of sp³-hybridized carbons (Fsp3) is 0.583. The van der Waals surface area contributed by atoms with Gasteiger partial charge in [0.1, 0.15) is 0 Å². The monoisotopic (exact) mass is 211 g/mol. The number of hydrogen-bond acceptors (Lipinski definition) is 2. The summed E-state index contributed by atoms with van der Waals surface area (Å²) in [6, 6.07) is 0. The van der Waals surface area contributed by atoms with E-state index in [1.54, 1.807) is 0 Å². The van der Waals surface area contributed by atoms with Gasteiger partial charge in [-0.3, -0.25) is 4.79 Å². The second-order valence-corrected chi connectivity index (χ2v) is 3.85. The van der Waals surface area contributed by atoms with E-state index in [9.17, 15) is 4.79 Å². The SMILES string of the molecule is CC/C=C(CC(=O)O)\C(=C/C(C)C)CN. The van der Waals surface area contributed by atoms with Gasteiger partial charge in [0.2, 0.25) is 0 Å². The molecule has 0 heterocycles. The third kappa shape index (κ3) is 6.07. The highest BCUT2D eigenvalue weighted by atomic mass is 16.4. The van der Waals surface area contributed by atoms with Gasteiger partial charge >= 0.3 is 5.97 Å². The van der Waals surface area contributed by atoms with Gasteiger partial charge in [-0.25, -0.2) is 0 Å². The highest BCUT2D eigenvalue weighted by Crippen LogP contribution is 2.16. The van der Waals surface area contributed by atoms with Crippen LogP contribution in [0.1, 0.15) is 33.6 Å². The van der Waals surface area contributed by atoms with Gasteiger partial charge in [-0.05, 0) is 23.5 Å². The van der Waals surface area contributed by atoms with Crippen LogP contribution in [0.5, 0.6) is 0 Å². The molecule has 0 saturated carbocycles. The molecule has 0 radical (unpaired) electrons. The summed E-state index contributed by atoms with van der Waals surface area (Å²) in [7, 11) is 0. The van der Waals surface area contributed by atoms with Crippen molar-refractivity contribution in [2.45, 2.75) is 33.6 Å². The Morgan fingerprint density at radius 3 is 2.33 bits per heavy atom. The third-order valence-electron chi connectivity index (χ3n) is 1.96. The highest BCUT2D eigenvalue weighted by molar-refractivity contribution is 5.71. The molecule has 0 aliphatic heterocycles. The van der Waals surface area contributed by atoms with Gasteiger partial charge in [0.15, 0.2) is 0 Å². The van der Waals surface area contributed by atoms with E-state index < -0.39 is 5.97 Å². The molecule has 0 unspecified atom stereocenters. The predicted molar refractivity (Wildman–Crippen MR) is 62.6 cm³/mol. The molecule has 0 fully saturated rings. The largest absolute Gasteiger partial charge is 0.481 e. The van der Waals surface area contributed by atoms with E-state index in [2.05, 4.69) is 13.8 Å². The number of carboxylic acids is 1. The Morgan fingerprint density at radius 1 is 1.40 bits per heavy atom. The number of carbonyl (C=O) groups is 1. The molecule has 0 aromatic rings. The van der Waals surface area contributed by atoms with Crippen LogP contribution >= 0.6 is 0 Å². The quantitative estimate of drug-likeness (QED) is 0.663. The van der Waals surface area contributed by atoms with Crippen LogP contribution in [0.25, 0.3) is 0 Å². The van der Waals surface area contributed by atoms with Crippen molar-refractivity contribution in [2.75, 3.05) is 6.54 Å². The van der Waals surface area contributed by atoms with Crippen molar-refractivity contribution in [1.29, 1.82) is 0 Å². The van der Waals surface area contributed by atoms with Gasteiger partial charge in [0.05, 0.1) is 6.42 Å². The predicted octanol–water partition coefficient (Wildman–Crippen LogP) is 2.34. The van der Waals surface area contributed by atoms with E-state index in [4.69, 9.17) is 10.8 Å². The average molecular weight is 211 g/mol. The molecule has 0 aromatic heterocycles. The minimum absolute atomic E-state index is 0.0591. The summed E-state index contributed by atoms with van der Waals surface area (Å²) in [5.41, 5.74) is 7.43. The molecule has 0 aromatic carbocycles. The zero-order chi connectivity index (χ0) is 11.8. The van der Waals surface area contributed by atoms with E-state index in [0.29, 0.717) is 12.5 Å². The normalized spacial score (nSPS) is 13.4. The number of rotatable bonds is 6. The van der Waals surface area contributed by atoms with Gasteiger partial charge in [0, 0.05) is 6.54 Å². The smallest absolute Gasteiger partial charge is 0.307 e. The molecule has 0 aliphatic carbocycles.